The second kappa shape index (κ2) is 5.26. The number of nitrogens with zero attached hydrogens (tertiary/aromatic N) is 1. The third-order valence-corrected chi connectivity index (χ3v) is 2.64. The maximum atomic E-state index is 5.33. The molecule has 1 atom stereocenters. The van der Waals surface area contributed by atoms with Crippen molar-refractivity contribution in [3.05, 3.63) is 0 Å². The summed E-state index contributed by atoms with van der Waals surface area (Å²) in [5, 5.41) is 3.49. The van der Waals surface area contributed by atoms with Crippen molar-refractivity contribution in [1.82, 2.24) is 10.2 Å². The molecule has 0 amide bonds. The van der Waals surface area contributed by atoms with Gasteiger partial charge in [0, 0.05) is 18.6 Å². The second-order valence-electron chi connectivity index (χ2n) is 4.02. The maximum Gasteiger partial charge on any atom is 0.0601 e. The van der Waals surface area contributed by atoms with Crippen molar-refractivity contribution < 1.29 is 0 Å². The van der Waals surface area contributed by atoms with Crippen LogP contribution < -0.4 is 5.32 Å². The van der Waals surface area contributed by atoms with Crippen LogP contribution in [-0.2, 0) is 0 Å². The predicted molar refractivity (Wildman–Crippen MR) is 56.6 cm³/mol. The number of nitrogens with one attached hydrogen (secondary N) is 1. The molecule has 0 aromatic rings. The molecule has 0 aliphatic carbocycles. The van der Waals surface area contributed by atoms with E-state index in [1.807, 2.05) is 0 Å². The Morgan fingerprint density at radius 3 is 2.85 bits per heavy atom. The molecule has 0 saturated carbocycles. The minimum Gasteiger partial charge on any atom is -0.313 e. The van der Waals surface area contributed by atoms with Crippen LogP contribution in [0.4, 0.5) is 0 Å². The van der Waals surface area contributed by atoms with E-state index in [0.29, 0.717) is 12.1 Å². The summed E-state index contributed by atoms with van der Waals surface area (Å²) >= 11 is 0. The van der Waals surface area contributed by atoms with E-state index in [2.05, 4.69) is 30.0 Å². The molecule has 1 rings (SSSR count). The Morgan fingerprint density at radius 2 is 2.38 bits per heavy atom. The van der Waals surface area contributed by atoms with E-state index in [0.717, 1.165) is 13.1 Å². The Bertz CT molecular complexity index is 175. The van der Waals surface area contributed by atoms with Gasteiger partial charge in [0.25, 0.3) is 0 Å². The summed E-state index contributed by atoms with van der Waals surface area (Å²) in [6.45, 7) is 7.45. The van der Waals surface area contributed by atoms with Gasteiger partial charge in [-0.15, -0.1) is 6.42 Å². The van der Waals surface area contributed by atoms with Crippen LogP contribution >= 0.6 is 0 Å². The van der Waals surface area contributed by atoms with Crippen molar-refractivity contribution in [3.8, 4) is 12.3 Å². The highest BCUT2D eigenvalue weighted by Gasteiger charge is 2.18. The van der Waals surface area contributed by atoms with Gasteiger partial charge in [-0.25, -0.2) is 0 Å². The summed E-state index contributed by atoms with van der Waals surface area (Å²) in [6, 6.07) is 1.22. The first-order chi connectivity index (χ1) is 6.24. The van der Waals surface area contributed by atoms with Crippen molar-refractivity contribution >= 4 is 0 Å². The molecule has 1 unspecified atom stereocenters. The van der Waals surface area contributed by atoms with Crippen molar-refractivity contribution in [1.29, 1.82) is 0 Å². The van der Waals surface area contributed by atoms with Crippen LogP contribution in [-0.4, -0.2) is 36.6 Å². The highest BCUT2D eigenvalue weighted by Crippen LogP contribution is 2.08. The molecule has 0 radical (unpaired) electrons. The van der Waals surface area contributed by atoms with Gasteiger partial charge in [-0.05, 0) is 33.2 Å². The van der Waals surface area contributed by atoms with Crippen LogP contribution in [0, 0.1) is 12.3 Å². The highest BCUT2D eigenvalue weighted by molar-refractivity contribution is 4.91. The van der Waals surface area contributed by atoms with Crippen LogP contribution in [0.15, 0.2) is 0 Å². The molecule has 2 nitrogen and oxygen atoms in total. The molecule has 13 heavy (non-hydrogen) atoms. The molecule has 1 saturated heterocycles. The first kappa shape index (κ1) is 10.6. The average molecular weight is 180 g/mol. The first-order valence-corrected chi connectivity index (χ1v) is 5.15. The summed E-state index contributed by atoms with van der Waals surface area (Å²) in [6.07, 6.45) is 7.94. The van der Waals surface area contributed by atoms with Crippen LogP contribution in [0.25, 0.3) is 0 Å². The monoisotopic (exact) mass is 180 g/mol. The first-order valence-electron chi connectivity index (χ1n) is 5.15. The molecule has 1 aliphatic heterocycles. The van der Waals surface area contributed by atoms with Gasteiger partial charge in [-0.2, -0.15) is 0 Å². The Kier molecular flexibility index (Phi) is 4.27. The van der Waals surface area contributed by atoms with Gasteiger partial charge < -0.3 is 5.32 Å². The molecule has 1 aliphatic rings. The highest BCUT2D eigenvalue weighted by atomic mass is 15.2. The van der Waals surface area contributed by atoms with E-state index in [4.69, 9.17) is 6.42 Å². The average Bonchev–Trinajstić information content (AvgIpc) is 2.56. The van der Waals surface area contributed by atoms with Gasteiger partial charge in [-0.3, -0.25) is 4.90 Å². The van der Waals surface area contributed by atoms with Gasteiger partial charge in [0.15, 0.2) is 0 Å². The number of terminal acetylenes is 1. The predicted octanol–water partition coefficient (Wildman–Crippen LogP) is 1.08. The molecule has 1 heterocycles. The lowest BCUT2D eigenvalue weighted by Gasteiger charge is -2.27. The Labute approximate surface area is 81.7 Å². The zero-order valence-corrected chi connectivity index (χ0v) is 8.71. The van der Waals surface area contributed by atoms with Crippen LogP contribution in [0.1, 0.15) is 26.7 Å². The molecule has 1 fully saturated rings. The topological polar surface area (TPSA) is 15.3 Å². The number of hydrogen-bond acceptors (Lipinski definition) is 2. The van der Waals surface area contributed by atoms with Crippen molar-refractivity contribution in [2.24, 2.45) is 0 Å². The Morgan fingerprint density at radius 1 is 1.62 bits per heavy atom. The van der Waals surface area contributed by atoms with Gasteiger partial charge in [0.05, 0.1) is 6.54 Å². The molecule has 1 N–H and O–H groups in total. The van der Waals surface area contributed by atoms with Crippen LogP contribution in [0.2, 0.25) is 0 Å². The summed E-state index contributed by atoms with van der Waals surface area (Å²) < 4.78 is 0. The van der Waals surface area contributed by atoms with Gasteiger partial charge in [0.2, 0.25) is 0 Å². The zero-order valence-electron chi connectivity index (χ0n) is 8.71. The fraction of sp³-hybridized carbons (Fsp3) is 0.818. The second-order valence-corrected chi connectivity index (χ2v) is 4.02. The Balaban J connectivity index is 2.33. The van der Waals surface area contributed by atoms with E-state index >= 15 is 0 Å². The third kappa shape index (κ3) is 3.38. The Hall–Kier alpha value is -0.520. The van der Waals surface area contributed by atoms with Crippen LogP contribution in [0.5, 0.6) is 0 Å². The zero-order chi connectivity index (χ0) is 9.68. The van der Waals surface area contributed by atoms with E-state index in [1.165, 1.54) is 19.4 Å². The van der Waals surface area contributed by atoms with Crippen molar-refractivity contribution in [3.63, 3.8) is 0 Å². The number of hydrogen-bond donors (Lipinski definition) is 1. The molecule has 0 aromatic heterocycles. The maximum absolute atomic E-state index is 5.33. The fourth-order valence-electron chi connectivity index (χ4n) is 1.77. The standard InChI is InChI=1S/C11H20N2/c1-4-8-13(10(2)3)9-11-6-5-7-12-11/h1,10-12H,5-9H2,2-3H3. The van der Waals surface area contributed by atoms with Crippen molar-refractivity contribution in [2.75, 3.05) is 19.6 Å². The molecule has 2 heteroatoms. The van der Waals surface area contributed by atoms with E-state index in [1.54, 1.807) is 0 Å². The molecule has 0 spiro atoms. The normalized spacial score (nSPS) is 22.5. The summed E-state index contributed by atoms with van der Waals surface area (Å²) in [4.78, 5) is 2.35. The lowest BCUT2D eigenvalue weighted by Crippen LogP contribution is -2.41. The summed E-state index contributed by atoms with van der Waals surface area (Å²) in [5.74, 6) is 2.72. The fourth-order valence-corrected chi connectivity index (χ4v) is 1.77. The summed E-state index contributed by atoms with van der Waals surface area (Å²) in [5.41, 5.74) is 0. The molecular weight excluding hydrogens is 160 g/mol. The smallest absolute Gasteiger partial charge is 0.0601 e. The summed E-state index contributed by atoms with van der Waals surface area (Å²) in [7, 11) is 0. The van der Waals surface area contributed by atoms with E-state index in [9.17, 15) is 0 Å². The quantitative estimate of drug-likeness (QED) is 0.651. The van der Waals surface area contributed by atoms with Gasteiger partial charge in [0.1, 0.15) is 0 Å². The third-order valence-electron chi connectivity index (χ3n) is 2.64. The SMILES string of the molecule is C#CCN(CC1CCCN1)C(C)C. The molecular formula is C11H20N2. The number of rotatable bonds is 4. The molecule has 0 bridgehead atoms. The van der Waals surface area contributed by atoms with Crippen molar-refractivity contribution in [2.45, 2.75) is 38.8 Å². The molecule has 74 valence electrons. The van der Waals surface area contributed by atoms with Gasteiger partial charge in [-0.1, -0.05) is 5.92 Å². The lowest BCUT2D eigenvalue weighted by atomic mass is 10.2. The lowest BCUT2D eigenvalue weighted by molar-refractivity contribution is 0.227. The largest absolute Gasteiger partial charge is 0.313 e. The minimum atomic E-state index is 0.554. The van der Waals surface area contributed by atoms with Gasteiger partial charge >= 0.3 is 0 Å². The molecule has 0 aromatic carbocycles. The van der Waals surface area contributed by atoms with E-state index < -0.39 is 0 Å². The minimum absolute atomic E-state index is 0.554. The van der Waals surface area contributed by atoms with Crippen LogP contribution in [0.3, 0.4) is 0 Å². The van der Waals surface area contributed by atoms with E-state index in [-0.39, 0.29) is 0 Å².